The number of nitrogens with one attached hydrogen (secondary N) is 1. The molecule has 0 saturated carbocycles. The second-order valence-corrected chi connectivity index (χ2v) is 4.68. The van der Waals surface area contributed by atoms with Crippen LogP contribution >= 0.6 is 0 Å². The van der Waals surface area contributed by atoms with Crippen LogP contribution in [-0.4, -0.2) is 48.3 Å². The molecule has 0 radical (unpaired) electrons. The fraction of sp³-hybridized carbons (Fsp3) is 1.00. The Morgan fingerprint density at radius 1 is 1.14 bits per heavy atom. The standard InChI is InChI=1S/C11H22N2O/c14-11-4-7-13(8-5-11)9-10-3-1-2-6-12-10/h10-12,14H,1-9H2. The fourth-order valence-electron chi connectivity index (χ4n) is 2.49. The lowest BCUT2D eigenvalue weighted by molar-refractivity contribution is 0.0759. The average Bonchev–Trinajstić information content (AvgIpc) is 2.23. The van der Waals surface area contributed by atoms with E-state index in [9.17, 15) is 5.11 Å². The van der Waals surface area contributed by atoms with E-state index in [1.165, 1.54) is 32.4 Å². The second kappa shape index (κ2) is 5.10. The van der Waals surface area contributed by atoms with E-state index < -0.39 is 0 Å². The van der Waals surface area contributed by atoms with Gasteiger partial charge in [-0.1, -0.05) is 6.42 Å². The van der Waals surface area contributed by atoms with E-state index in [1.54, 1.807) is 0 Å². The first-order valence-corrected chi connectivity index (χ1v) is 5.98. The van der Waals surface area contributed by atoms with Gasteiger partial charge >= 0.3 is 0 Å². The fourth-order valence-corrected chi connectivity index (χ4v) is 2.49. The van der Waals surface area contributed by atoms with Crippen LogP contribution in [-0.2, 0) is 0 Å². The number of nitrogens with zero attached hydrogens (tertiary/aromatic N) is 1. The molecule has 82 valence electrons. The van der Waals surface area contributed by atoms with Crippen molar-refractivity contribution in [2.45, 2.75) is 44.2 Å². The van der Waals surface area contributed by atoms with Gasteiger partial charge in [0.05, 0.1) is 6.10 Å². The molecule has 1 atom stereocenters. The van der Waals surface area contributed by atoms with Gasteiger partial charge in [-0.25, -0.2) is 0 Å². The molecule has 2 aliphatic rings. The molecule has 14 heavy (non-hydrogen) atoms. The molecule has 3 nitrogen and oxygen atoms in total. The van der Waals surface area contributed by atoms with Gasteiger partial charge < -0.3 is 15.3 Å². The average molecular weight is 198 g/mol. The number of likely N-dealkylation sites (tertiary alicyclic amines) is 1. The summed E-state index contributed by atoms with van der Waals surface area (Å²) in [6.07, 6.45) is 5.95. The van der Waals surface area contributed by atoms with Crippen LogP contribution in [0.3, 0.4) is 0 Å². The summed E-state index contributed by atoms with van der Waals surface area (Å²) in [5.74, 6) is 0. The predicted molar refractivity (Wildman–Crippen MR) is 57.3 cm³/mol. The van der Waals surface area contributed by atoms with Crippen molar-refractivity contribution in [1.82, 2.24) is 10.2 Å². The molecule has 0 aromatic rings. The third kappa shape index (κ3) is 2.94. The highest BCUT2D eigenvalue weighted by molar-refractivity contribution is 4.79. The predicted octanol–water partition coefficient (Wildman–Crippen LogP) is 0.585. The first kappa shape index (κ1) is 10.4. The quantitative estimate of drug-likeness (QED) is 0.681. The minimum atomic E-state index is -0.0365. The summed E-state index contributed by atoms with van der Waals surface area (Å²) in [6, 6.07) is 0.707. The molecule has 0 bridgehead atoms. The zero-order valence-corrected chi connectivity index (χ0v) is 8.91. The maximum Gasteiger partial charge on any atom is 0.0564 e. The Morgan fingerprint density at radius 3 is 2.57 bits per heavy atom. The first-order valence-electron chi connectivity index (χ1n) is 5.98. The Bertz CT molecular complexity index is 161. The molecular weight excluding hydrogens is 176 g/mol. The van der Waals surface area contributed by atoms with Crippen LogP contribution in [0.4, 0.5) is 0 Å². The first-order chi connectivity index (χ1) is 6.84. The summed E-state index contributed by atoms with van der Waals surface area (Å²) >= 11 is 0. The second-order valence-electron chi connectivity index (χ2n) is 4.68. The molecule has 2 fully saturated rings. The van der Waals surface area contributed by atoms with Gasteiger partial charge in [-0.2, -0.15) is 0 Å². The molecule has 1 unspecified atom stereocenters. The summed E-state index contributed by atoms with van der Waals surface area (Å²) in [4.78, 5) is 2.50. The van der Waals surface area contributed by atoms with Crippen molar-refractivity contribution in [3.05, 3.63) is 0 Å². The molecule has 0 spiro atoms. The number of hydrogen-bond donors (Lipinski definition) is 2. The van der Waals surface area contributed by atoms with Crippen molar-refractivity contribution in [3.8, 4) is 0 Å². The number of rotatable bonds is 2. The van der Waals surface area contributed by atoms with Crippen molar-refractivity contribution in [2.24, 2.45) is 0 Å². The lowest BCUT2D eigenvalue weighted by atomic mass is 10.0. The highest BCUT2D eigenvalue weighted by Crippen LogP contribution is 2.13. The van der Waals surface area contributed by atoms with Gasteiger partial charge in [-0.15, -0.1) is 0 Å². The summed E-state index contributed by atoms with van der Waals surface area (Å²) in [5, 5.41) is 13.0. The number of hydrogen-bond acceptors (Lipinski definition) is 3. The third-order valence-corrected chi connectivity index (χ3v) is 3.45. The minimum absolute atomic E-state index is 0.0365. The van der Waals surface area contributed by atoms with E-state index >= 15 is 0 Å². The molecule has 0 aliphatic carbocycles. The zero-order chi connectivity index (χ0) is 9.80. The van der Waals surface area contributed by atoms with E-state index in [0.29, 0.717) is 6.04 Å². The summed E-state index contributed by atoms with van der Waals surface area (Å²) < 4.78 is 0. The van der Waals surface area contributed by atoms with Gasteiger partial charge in [-0.05, 0) is 32.2 Å². The van der Waals surface area contributed by atoms with Gasteiger partial charge in [0.25, 0.3) is 0 Å². The van der Waals surface area contributed by atoms with Crippen LogP contribution in [0.25, 0.3) is 0 Å². The smallest absolute Gasteiger partial charge is 0.0564 e. The summed E-state index contributed by atoms with van der Waals surface area (Å²) in [6.45, 7) is 4.55. The normalized spacial score (nSPS) is 31.9. The van der Waals surface area contributed by atoms with Gasteiger partial charge in [0.15, 0.2) is 0 Å². The summed E-state index contributed by atoms with van der Waals surface area (Å²) in [5.41, 5.74) is 0. The maximum atomic E-state index is 9.39. The van der Waals surface area contributed by atoms with E-state index in [2.05, 4.69) is 10.2 Å². The molecule has 2 heterocycles. The van der Waals surface area contributed by atoms with E-state index in [0.717, 1.165) is 25.9 Å². The van der Waals surface area contributed by atoms with Crippen LogP contribution < -0.4 is 5.32 Å². The monoisotopic (exact) mass is 198 g/mol. The Labute approximate surface area is 86.5 Å². The number of aliphatic hydroxyl groups excluding tert-OH is 1. The van der Waals surface area contributed by atoms with Gasteiger partial charge in [0, 0.05) is 25.7 Å². The highest BCUT2D eigenvalue weighted by atomic mass is 16.3. The Hall–Kier alpha value is -0.120. The van der Waals surface area contributed by atoms with Gasteiger partial charge in [0.2, 0.25) is 0 Å². The largest absolute Gasteiger partial charge is 0.393 e. The van der Waals surface area contributed by atoms with Crippen molar-refractivity contribution < 1.29 is 5.11 Å². The molecule has 0 aromatic carbocycles. The number of piperidine rings is 2. The van der Waals surface area contributed by atoms with Gasteiger partial charge in [-0.3, -0.25) is 0 Å². The van der Waals surface area contributed by atoms with E-state index in [1.807, 2.05) is 0 Å². The molecule has 0 amide bonds. The zero-order valence-electron chi connectivity index (χ0n) is 8.91. The van der Waals surface area contributed by atoms with E-state index in [4.69, 9.17) is 0 Å². The van der Waals surface area contributed by atoms with Crippen molar-refractivity contribution in [3.63, 3.8) is 0 Å². The molecular formula is C11H22N2O. The lowest BCUT2D eigenvalue weighted by Crippen LogP contribution is -2.46. The highest BCUT2D eigenvalue weighted by Gasteiger charge is 2.20. The van der Waals surface area contributed by atoms with Crippen molar-refractivity contribution >= 4 is 0 Å². The molecule has 2 aliphatic heterocycles. The molecule has 2 saturated heterocycles. The summed E-state index contributed by atoms with van der Waals surface area (Å²) in [7, 11) is 0. The SMILES string of the molecule is OC1CCN(CC2CCCCN2)CC1. The van der Waals surface area contributed by atoms with E-state index in [-0.39, 0.29) is 6.10 Å². The van der Waals surface area contributed by atoms with Crippen LogP contribution in [0, 0.1) is 0 Å². The van der Waals surface area contributed by atoms with Crippen molar-refractivity contribution in [1.29, 1.82) is 0 Å². The maximum absolute atomic E-state index is 9.39. The Kier molecular flexibility index (Phi) is 3.79. The molecule has 0 aromatic heterocycles. The van der Waals surface area contributed by atoms with Crippen LogP contribution in [0.5, 0.6) is 0 Å². The van der Waals surface area contributed by atoms with Crippen LogP contribution in [0.2, 0.25) is 0 Å². The van der Waals surface area contributed by atoms with Crippen LogP contribution in [0.15, 0.2) is 0 Å². The van der Waals surface area contributed by atoms with Gasteiger partial charge in [0.1, 0.15) is 0 Å². The van der Waals surface area contributed by atoms with Crippen molar-refractivity contribution in [2.75, 3.05) is 26.2 Å². The number of aliphatic hydroxyl groups is 1. The molecule has 2 rings (SSSR count). The molecule has 3 heteroatoms. The topological polar surface area (TPSA) is 35.5 Å². The third-order valence-electron chi connectivity index (χ3n) is 3.45. The lowest BCUT2D eigenvalue weighted by Gasteiger charge is -2.34. The van der Waals surface area contributed by atoms with Crippen LogP contribution in [0.1, 0.15) is 32.1 Å². The Morgan fingerprint density at radius 2 is 1.93 bits per heavy atom. The Balaban J connectivity index is 1.68. The minimum Gasteiger partial charge on any atom is -0.393 e. The molecule has 2 N–H and O–H groups in total.